The molecule has 0 saturated carbocycles. The predicted octanol–water partition coefficient (Wildman–Crippen LogP) is 4.17. The first-order chi connectivity index (χ1) is 17.2. The minimum atomic E-state index is -0.772. The third-order valence-electron chi connectivity index (χ3n) is 5.96. The van der Waals surface area contributed by atoms with Gasteiger partial charge in [-0.3, -0.25) is 9.59 Å². The van der Waals surface area contributed by atoms with Gasteiger partial charge in [0.1, 0.15) is 11.5 Å². The van der Waals surface area contributed by atoms with E-state index in [2.05, 4.69) is 0 Å². The van der Waals surface area contributed by atoms with Crippen molar-refractivity contribution < 1.29 is 28.9 Å². The number of nitrogens with zero attached hydrogens (tertiary/aromatic N) is 2. The zero-order valence-electron chi connectivity index (χ0n) is 22.0. The first kappa shape index (κ1) is 27.1. The van der Waals surface area contributed by atoms with Crippen LogP contribution in [0.25, 0.3) is 5.76 Å². The highest BCUT2D eigenvalue weighted by Crippen LogP contribution is 2.42. The normalized spacial score (nSPS) is 17.1. The number of hydrogen-bond donors (Lipinski definition) is 1. The monoisotopic (exact) mass is 496 g/mol. The molecule has 1 unspecified atom stereocenters. The quantitative estimate of drug-likeness (QED) is 0.284. The number of aliphatic hydroxyl groups is 1. The molecule has 1 heterocycles. The van der Waals surface area contributed by atoms with E-state index < -0.39 is 17.7 Å². The van der Waals surface area contributed by atoms with Gasteiger partial charge in [0.25, 0.3) is 11.7 Å². The summed E-state index contributed by atoms with van der Waals surface area (Å²) < 4.78 is 17.1. The van der Waals surface area contributed by atoms with E-state index in [-0.39, 0.29) is 11.3 Å². The van der Waals surface area contributed by atoms with Gasteiger partial charge in [-0.2, -0.15) is 0 Å². The Hall–Kier alpha value is -3.52. The first-order valence-electron chi connectivity index (χ1n) is 12.3. The second-order valence-electron chi connectivity index (χ2n) is 8.78. The van der Waals surface area contributed by atoms with Crippen molar-refractivity contribution in [2.75, 3.05) is 47.0 Å². The Morgan fingerprint density at radius 1 is 0.917 bits per heavy atom. The molecule has 1 aliphatic rings. The number of rotatable bonds is 11. The number of benzene rings is 2. The van der Waals surface area contributed by atoms with Crippen LogP contribution in [0.15, 0.2) is 42.0 Å². The van der Waals surface area contributed by atoms with Gasteiger partial charge in [0.15, 0.2) is 11.5 Å². The number of ether oxygens (including phenoxy) is 3. The van der Waals surface area contributed by atoms with Crippen molar-refractivity contribution >= 4 is 17.4 Å². The molecule has 1 saturated heterocycles. The summed E-state index contributed by atoms with van der Waals surface area (Å²) in [5, 5.41) is 11.4. The lowest BCUT2D eigenvalue weighted by Crippen LogP contribution is -2.35. The molecule has 1 amide bonds. The van der Waals surface area contributed by atoms with E-state index in [0.29, 0.717) is 61.3 Å². The van der Waals surface area contributed by atoms with Gasteiger partial charge >= 0.3 is 0 Å². The van der Waals surface area contributed by atoms with Crippen molar-refractivity contribution in [3.8, 4) is 17.2 Å². The number of likely N-dealkylation sites (tertiary alicyclic amines) is 1. The molecule has 0 aliphatic carbocycles. The molecule has 1 aliphatic heterocycles. The summed E-state index contributed by atoms with van der Waals surface area (Å²) in [6.07, 6.45) is 0. The molecule has 2 aromatic carbocycles. The van der Waals surface area contributed by atoms with E-state index in [4.69, 9.17) is 14.2 Å². The number of aryl methyl sites for hydroxylation is 1. The molecule has 0 spiro atoms. The third kappa shape index (κ3) is 5.65. The summed E-state index contributed by atoms with van der Waals surface area (Å²) >= 11 is 0. The maximum atomic E-state index is 13.3. The molecule has 8 nitrogen and oxygen atoms in total. The van der Waals surface area contributed by atoms with Gasteiger partial charge in [-0.1, -0.05) is 6.07 Å². The van der Waals surface area contributed by atoms with Crippen LogP contribution in [0.1, 0.15) is 43.5 Å². The van der Waals surface area contributed by atoms with Crippen molar-refractivity contribution in [2.45, 2.75) is 33.7 Å². The third-order valence-corrected chi connectivity index (χ3v) is 5.96. The van der Waals surface area contributed by atoms with Crippen molar-refractivity contribution in [3.05, 3.63) is 58.7 Å². The Morgan fingerprint density at radius 2 is 1.53 bits per heavy atom. The lowest BCUT2D eigenvalue weighted by molar-refractivity contribution is -0.140. The fourth-order valence-corrected chi connectivity index (χ4v) is 4.27. The summed E-state index contributed by atoms with van der Waals surface area (Å²) in [5.41, 5.74) is 1.97. The molecule has 0 radical (unpaired) electrons. The average molecular weight is 497 g/mol. The fourth-order valence-electron chi connectivity index (χ4n) is 4.27. The minimum Gasteiger partial charge on any atom is -0.507 e. The Bertz CT molecular complexity index is 1140. The second-order valence-corrected chi connectivity index (χ2v) is 8.78. The molecule has 194 valence electrons. The van der Waals surface area contributed by atoms with Gasteiger partial charge in [0.05, 0.1) is 31.4 Å². The number of amides is 1. The first-order valence-corrected chi connectivity index (χ1v) is 12.3. The van der Waals surface area contributed by atoms with Crippen LogP contribution in [0.4, 0.5) is 0 Å². The summed E-state index contributed by atoms with van der Waals surface area (Å²) in [5.74, 6) is 0.226. The summed E-state index contributed by atoms with van der Waals surface area (Å²) in [6, 6.07) is 9.81. The minimum absolute atomic E-state index is 0.0499. The molecular weight excluding hydrogens is 460 g/mol. The van der Waals surface area contributed by atoms with Crippen molar-refractivity contribution in [1.29, 1.82) is 0 Å². The molecule has 3 rings (SSSR count). The van der Waals surface area contributed by atoms with Gasteiger partial charge in [-0.25, -0.2) is 0 Å². The highest BCUT2D eigenvalue weighted by molar-refractivity contribution is 6.46. The molecule has 36 heavy (non-hydrogen) atoms. The molecule has 2 aromatic rings. The fraction of sp³-hybridized carbons (Fsp3) is 0.429. The van der Waals surface area contributed by atoms with Gasteiger partial charge in [0.2, 0.25) is 0 Å². The Balaban J connectivity index is 2.17. The van der Waals surface area contributed by atoms with Crippen LogP contribution < -0.4 is 14.2 Å². The van der Waals surface area contributed by atoms with Crippen LogP contribution in [0.5, 0.6) is 17.2 Å². The number of carbonyl (C=O) groups is 2. The van der Waals surface area contributed by atoms with Crippen LogP contribution in [-0.2, 0) is 9.59 Å². The lowest BCUT2D eigenvalue weighted by Gasteiger charge is -2.27. The standard InChI is InChI=1S/C28H36N2O6/c1-7-34-21-12-11-20(16-18(21)4)26(31)24-25(30(15-14-29(5)6)28(33)27(24)32)19-10-13-22(35-8-2)23(17-19)36-9-3/h10-13,16-17,25,31H,7-9,14-15H2,1-6H3/b26-24-. The zero-order valence-corrected chi connectivity index (χ0v) is 22.0. The molecule has 1 N–H and O–H groups in total. The topological polar surface area (TPSA) is 88.5 Å². The summed E-state index contributed by atoms with van der Waals surface area (Å²) in [7, 11) is 3.80. The summed E-state index contributed by atoms with van der Waals surface area (Å²) in [6.45, 7) is 9.82. The van der Waals surface area contributed by atoms with E-state index in [9.17, 15) is 14.7 Å². The molecule has 0 bridgehead atoms. The van der Waals surface area contributed by atoms with E-state index >= 15 is 0 Å². The van der Waals surface area contributed by atoms with Gasteiger partial charge in [-0.05, 0) is 83.2 Å². The van der Waals surface area contributed by atoms with Crippen molar-refractivity contribution in [1.82, 2.24) is 9.80 Å². The van der Waals surface area contributed by atoms with Crippen molar-refractivity contribution in [2.24, 2.45) is 0 Å². The van der Waals surface area contributed by atoms with E-state index in [0.717, 1.165) is 5.56 Å². The van der Waals surface area contributed by atoms with Crippen LogP contribution in [0, 0.1) is 6.92 Å². The number of Topliss-reactive ketones (excluding diaryl/α,β-unsaturated/α-hetero) is 1. The van der Waals surface area contributed by atoms with Crippen LogP contribution in [-0.4, -0.2) is 73.6 Å². The molecule has 0 aromatic heterocycles. The number of aliphatic hydroxyl groups excluding tert-OH is 1. The van der Waals surface area contributed by atoms with Gasteiger partial charge in [-0.15, -0.1) is 0 Å². The Morgan fingerprint density at radius 3 is 2.14 bits per heavy atom. The van der Waals surface area contributed by atoms with E-state index in [1.807, 2.05) is 52.8 Å². The Labute approximate surface area is 213 Å². The van der Waals surface area contributed by atoms with Crippen LogP contribution in [0.2, 0.25) is 0 Å². The van der Waals surface area contributed by atoms with E-state index in [1.165, 1.54) is 4.90 Å². The zero-order chi connectivity index (χ0) is 26.4. The summed E-state index contributed by atoms with van der Waals surface area (Å²) in [4.78, 5) is 29.9. The number of ketones is 1. The van der Waals surface area contributed by atoms with Gasteiger partial charge < -0.3 is 29.1 Å². The molecular formula is C28H36N2O6. The highest BCUT2D eigenvalue weighted by Gasteiger charge is 2.46. The van der Waals surface area contributed by atoms with Crippen LogP contribution in [0.3, 0.4) is 0 Å². The smallest absolute Gasteiger partial charge is 0.295 e. The predicted molar refractivity (Wildman–Crippen MR) is 139 cm³/mol. The number of likely N-dealkylation sites (N-methyl/N-ethyl adjacent to an activating group) is 1. The highest BCUT2D eigenvalue weighted by atomic mass is 16.5. The Kier molecular flexibility index (Phi) is 8.98. The maximum absolute atomic E-state index is 13.3. The molecule has 1 fully saturated rings. The second kappa shape index (κ2) is 11.9. The van der Waals surface area contributed by atoms with Crippen molar-refractivity contribution in [3.63, 3.8) is 0 Å². The maximum Gasteiger partial charge on any atom is 0.295 e. The molecule has 8 heteroatoms. The number of carbonyl (C=O) groups excluding carboxylic acids is 2. The average Bonchev–Trinajstić information content (AvgIpc) is 3.09. The SMILES string of the molecule is CCOc1ccc(/C(O)=C2/C(=O)C(=O)N(CCN(C)C)C2c2ccc(OCC)c(OCC)c2)cc1C. The van der Waals surface area contributed by atoms with Crippen LogP contribution >= 0.6 is 0 Å². The van der Waals surface area contributed by atoms with E-state index in [1.54, 1.807) is 30.3 Å². The lowest BCUT2D eigenvalue weighted by atomic mass is 9.94. The number of hydrogen-bond acceptors (Lipinski definition) is 7. The van der Waals surface area contributed by atoms with Gasteiger partial charge in [0, 0.05) is 18.7 Å². The largest absolute Gasteiger partial charge is 0.507 e. The molecule has 1 atom stereocenters.